The van der Waals surface area contributed by atoms with Gasteiger partial charge in [0.25, 0.3) is 0 Å². The maximum atomic E-state index is 11.3. The maximum absolute atomic E-state index is 11.3. The van der Waals surface area contributed by atoms with Crippen molar-refractivity contribution in [2.45, 2.75) is 26.3 Å². The molecule has 0 saturated heterocycles. The Kier molecular flexibility index (Phi) is 8.58. The first kappa shape index (κ1) is 22.5. The Morgan fingerprint density at radius 2 is 1.71 bits per heavy atom. The fraction of sp³-hybridized carbons (Fsp3) is 0.300. The van der Waals surface area contributed by atoms with Gasteiger partial charge in [-0.2, -0.15) is 5.10 Å². The molecule has 150 valence electrons. The quantitative estimate of drug-likeness (QED) is 0.627. The fourth-order valence-electron chi connectivity index (χ4n) is 2.72. The second kappa shape index (κ2) is 10.7. The molecule has 1 aliphatic rings. The van der Waals surface area contributed by atoms with Gasteiger partial charge < -0.3 is 10.4 Å². The lowest BCUT2D eigenvalue weighted by Crippen LogP contribution is -2.19. The minimum absolute atomic E-state index is 0.0796. The van der Waals surface area contributed by atoms with Crippen LogP contribution in [-0.2, 0) is 4.79 Å². The Bertz CT molecular complexity index is 839. The topological polar surface area (TPSA) is 64.9 Å². The highest BCUT2D eigenvalue weighted by Gasteiger charge is 2.33. The van der Waals surface area contributed by atoms with Gasteiger partial charge in [-0.05, 0) is 49.0 Å². The molecule has 1 atom stereocenters. The van der Waals surface area contributed by atoms with Crippen molar-refractivity contribution in [2.24, 2.45) is 5.10 Å². The minimum atomic E-state index is -1.04. The van der Waals surface area contributed by atoms with Gasteiger partial charge >= 0.3 is 5.97 Å². The van der Waals surface area contributed by atoms with Crippen molar-refractivity contribution in [1.82, 2.24) is 5.32 Å². The lowest BCUT2D eigenvalue weighted by atomic mass is 10.0. The second-order valence-electron chi connectivity index (χ2n) is 6.02. The molecular weight excluding hydrogens is 421 g/mol. The van der Waals surface area contributed by atoms with Crippen molar-refractivity contribution < 1.29 is 9.90 Å². The Labute approximate surface area is 179 Å². The van der Waals surface area contributed by atoms with Gasteiger partial charge in [0.2, 0.25) is 0 Å². The van der Waals surface area contributed by atoms with Crippen molar-refractivity contribution in [3.05, 3.63) is 63.1 Å². The van der Waals surface area contributed by atoms with Gasteiger partial charge in [0.1, 0.15) is 5.71 Å². The average molecular weight is 443 g/mol. The van der Waals surface area contributed by atoms with Crippen LogP contribution in [0.3, 0.4) is 0 Å². The van der Waals surface area contributed by atoms with Crippen LogP contribution in [0, 0.1) is 0 Å². The van der Waals surface area contributed by atoms with Gasteiger partial charge in [-0.15, -0.1) is 0 Å². The van der Waals surface area contributed by atoms with E-state index in [9.17, 15) is 9.90 Å². The number of halogens is 3. The molecule has 0 saturated carbocycles. The van der Waals surface area contributed by atoms with Crippen LogP contribution in [0.4, 0.5) is 5.69 Å². The number of benzene rings is 2. The summed E-state index contributed by atoms with van der Waals surface area (Å²) in [6.45, 7) is 6.39. The van der Waals surface area contributed by atoms with Crippen molar-refractivity contribution >= 4 is 52.2 Å². The molecule has 2 aromatic rings. The lowest BCUT2D eigenvalue weighted by Gasteiger charge is -2.25. The van der Waals surface area contributed by atoms with E-state index in [1.807, 2.05) is 12.1 Å². The first-order valence-electron chi connectivity index (χ1n) is 8.88. The third-order valence-corrected chi connectivity index (χ3v) is 4.86. The van der Waals surface area contributed by atoms with E-state index in [2.05, 4.69) is 24.3 Å². The Morgan fingerprint density at radius 1 is 1.11 bits per heavy atom. The third kappa shape index (κ3) is 5.85. The predicted octanol–water partition coefficient (Wildman–Crippen LogP) is 5.65. The maximum Gasteiger partial charge on any atom is 0.352 e. The number of anilines is 1. The minimum Gasteiger partial charge on any atom is -0.477 e. The van der Waals surface area contributed by atoms with Gasteiger partial charge in [-0.25, -0.2) is 4.79 Å². The molecule has 0 aliphatic carbocycles. The predicted molar refractivity (Wildman–Crippen MR) is 117 cm³/mol. The monoisotopic (exact) mass is 441 g/mol. The van der Waals surface area contributed by atoms with E-state index in [0.29, 0.717) is 20.8 Å². The van der Waals surface area contributed by atoms with Crippen LogP contribution in [0.25, 0.3) is 0 Å². The summed E-state index contributed by atoms with van der Waals surface area (Å²) in [6, 6.07) is 12.0. The van der Waals surface area contributed by atoms with Crippen LogP contribution < -0.4 is 10.3 Å². The zero-order valence-corrected chi connectivity index (χ0v) is 17.9. The van der Waals surface area contributed by atoms with Crippen LogP contribution in [-0.4, -0.2) is 29.9 Å². The number of carboxylic acids is 1. The van der Waals surface area contributed by atoms with Crippen molar-refractivity contribution in [2.75, 3.05) is 18.1 Å². The molecule has 0 aromatic heterocycles. The summed E-state index contributed by atoms with van der Waals surface area (Å²) in [5.41, 5.74) is 1.59. The number of hydrazone groups is 1. The van der Waals surface area contributed by atoms with Gasteiger partial charge in [-0.3, -0.25) is 5.01 Å². The summed E-state index contributed by atoms with van der Waals surface area (Å²) in [7, 11) is 0. The van der Waals surface area contributed by atoms with Gasteiger partial charge in [0.05, 0.1) is 16.8 Å². The highest BCUT2D eigenvalue weighted by molar-refractivity contribution is 6.38. The molecule has 2 N–H and O–H groups in total. The fourth-order valence-corrected chi connectivity index (χ4v) is 3.34. The Balaban J connectivity index is 0.000000500. The number of carboxylic acid groups (broad SMARTS) is 1. The number of hydrogen-bond acceptors (Lipinski definition) is 4. The SMILES string of the molecule is CCNCC.O=C(O)C1=NN(c2ccc(Cl)cc2Cl)C(c2ccc(Cl)cc2)C1. The van der Waals surface area contributed by atoms with E-state index >= 15 is 0 Å². The molecule has 0 radical (unpaired) electrons. The molecule has 0 bridgehead atoms. The van der Waals surface area contributed by atoms with E-state index in [0.717, 1.165) is 18.7 Å². The zero-order valence-electron chi connectivity index (χ0n) is 15.6. The number of rotatable bonds is 5. The summed E-state index contributed by atoms with van der Waals surface area (Å²) in [5, 5.41) is 19.7. The molecule has 0 amide bonds. The lowest BCUT2D eigenvalue weighted by molar-refractivity contribution is -0.129. The van der Waals surface area contributed by atoms with Gasteiger partial charge in [0, 0.05) is 16.5 Å². The highest BCUT2D eigenvalue weighted by Crippen LogP contribution is 2.39. The summed E-state index contributed by atoms with van der Waals surface area (Å²) < 4.78 is 0. The summed E-state index contributed by atoms with van der Waals surface area (Å²) in [6.07, 6.45) is 0.274. The van der Waals surface area contributed by atoms with E-state index < -0.39 is 5.97 Å². The molecule has 8 heteroatoms. The van der Waals surface area contributed by atoms with Crippen molar-refractivity contribution in [3.63, 3.8) is 0 Å². The van der Waals surface area contributed by atoms with Crippen LogP contribution >= 0.6 is 34.8 Å². The molecule has 5 nitrogen and oxygen atoms in total. The summed E-state index contributed by atoms with van der Waals surface area (Å²) >= 11 is 18.1. The summed E-state index contributed by atoms with van der Waals surface area (Å²) in [4.78, 5) is 11.3. The molecule has 2 aromatic carbocycles. The average Bonchev–Trinajstić information content (AvgIpc) is 3.09. The van der Waals surface area contributed by atoms with Crippen LogP contribution in [0.1, 0.15) is 31.9 Å². The van der Waals surface area contributed by atoms with Crippen LogP contribution in [0.2, 0.25) is 15.1 Å². The summed E-state index contributed by atoms with van der Waals surface area (Å²) in [5.74, 6) is -1.04. The van der Waals surface area contributed by atoms with Crippen LogP contribution in [0.15, 0.2) is 47.6 Å². The largest absolute Gasteiger partial charge is 0.477 e. The normalized spacial score (nSPS) is 15.7. The molecule has 28 heavy (non-hydrogen) atoms. The first-order chi connectivity index (χ1) is 13.4. The number of carbonyl (C=O) groups is 1. The van der Waals surface area contributed by atoms with Crippen molar-refractivity contribution in [1.29, 1.82) is 0 Å². The number of hydrogen-bond donors (Lipinski definition) is 2. The smallest absolute Gasteiger partial charge is 0.352 e. The Morgan fingerprint density at radius 3 is 2.21 bits per heavy atom. The number of nitrogens with one attached hydrogen (secondary N) is 1. The van der Waals surface area contributed by atoms with Crippen molar-refractivity contribution in [3.8, 4) is 0 Å². The first-order valence-corrected chi connectivity index (χ1v) is 10.0. The molecule has 3 rings (SSSR count). The van der Waals surface area contributed by atoms with Gasteiger partial charge in [-0.1, -0.05) is 60.8 Å². The molecular formula is C20H22Cl3N3O2. The van der Waals surface area contributed by atoms with E-state index in [1.165, 1.54) is 0 Å². The van der Waals surface area contributed by atoms with E-state index in [1.54, 1.807) is 35.3 Å². The molecule has 1 aliphatic heterocycles. The van der Waals surface area contributed by atoms with E-state index in [4.69, 9.17) is 34.8 Å². The molecule has 0 fully saturated rings. The highest BCUT2D eigenvalue weighted by atomic mass is 35.5. The number of nitrogens with zero attached hydrogens (tertiary/aromatic N) is 2. The van der Waals surface area contributed by atoms with E-state index in [-0.39, 0.29) is 18.2 Å². The molecule has 1 unspecified atom stereocenters. The second-order valence-corrected chi connectivity index (χ2v) is 7.30. The van der Waals surface area contributed by atoms with Crippen LogP contribution in [0.5, 0.6) is 0 Å². The third-order valence-electron chi connectivity index (χ3n) is 4.07. The van der Waals surface area contributed by atoms with Gasteiger partial charge in [0.15, 0.2) is 0 Å². The Hall–Kier alpha value is -1.79. The molecule has 1 heterocycles. The zero-order chi connectivity index (χ0) is 20.7. The molecule has 0 spiro atoms. The standard InChI is InChI=1S/C16H11Cl3N2O2.C4H11N/c17-10-3-1-9(2-4-10)15-8-13(16(22)23)20-21(15)14-6-5-11(18)7-12(14)19;1-3-5-4-2/h1-7,15H,8H2,(H,22,23);5H,3-4H2,1-2H3. The number of aliphatic carboxylic acids is 1.